The highest BCUT2D eigenvalue weighted by Crippen LogP contribution is 2.21. The lowest BCUT2D eigenvalue weighted by atomic mass is 10.0. The molecule has 0 amide bonds. The van der Waals surface area contributed by atoms with E-state index in [1.807, 2.05) is 0 Å². The largest absolute Gasteiger partial charge is 0.0916 e. The summed E-state index contributed by atoms with van der Waals surface area (Å²) in [5.41, 5.74) is 0. The second-order valence-electron chi connectivity index (χ2n) is 2.34. The average molecular weight is 266 g/mol. The van der Waals surface area contributed by atoms with Crippen LogP contribution in [0, 0.1) is 5.92 Å². The first-order valence-electron chi connectivity index (χ1n) is 3.38. The van der Waals surface area contributed by atoms with E-state index in [1.54, 1.807) is 0 Å². The summed E-state index contributed by atoms with van der Waals surface area (Å²) in [6.45, 7) is 0. The topological polar surface area (TPSA) is 0 Å². The van der Waals surface area contributed by atoms with Crippen LogP contribution < -0.4 is 0 Å². The van der Waals surface area contributed by atoms with E-state index in [0.29, 0.717) is 10.7 Å². The van der Waals surface area contributed by atoms with Crippen LogP contribution in [-0.4, -0.2) is 10.2 Å². The lowest BCUT2D eigenvalue weighted by molar-refractivity contribution is 0.802. The van der Waals surface area contributed by atoms with Gasteiger partial charge in [-0.05, 0) is 6.42 Å². The molecule has 1 atom stereocenters. The van der Waals surface area contributed by atoms with Crippen molar-refractivity contribution >= 4 is 31.9 Å². The zero-order valence-corrected chi connectivity index (χ0v) is 8.81. The Morgan fingerprint density at radius 1 is 1.40 bits per heavy atom. The summed E-state index contributed by atoms with van der Waals surface area (Å²) in [6.07, 6.45) is 10.0. The van der Waals surface area contributed by atoms with Crippen LogP contribution in [0.1, 0.15) is 6.42 Å². The maximum atomic E-state index is 3.59. The second-order valence-corrected chi connectivity index (χ2v) is 4.16. The SMILES string of the molecule is BrCC(Br)C1C=CCC=C1. The smallest absolute Gasteiger partial charge is 0.0340 e. The zero-order chi connectivity index (χ0) is 7.40. The van der Waals surface area contributed by atoms with Gasteiger partial charge >= 0.3 is 0 Å². The molecule has 0 bridgehead atoms. The molecule has 0 N–H and O–H groups in total. The van der Waals surface area contributed by atoms with E-state index >= 15 is 0 Å². The van der Waals surface area contributed by atoms with Gasteiger partial charge in [0, 0.05) is 16.1 Å². The van der Waals surface area contributed by atoms with E-state index in [9.17, 15) is 0 Å². The van der Waals surface area contributed by atoms with E-state index in [0.717, 1.165) is 11.8 Å². The van der Waals surface area contributed by atoms with Gasteiger partial charge in [-0.25, -0.2) is 0 Å². The summed E-state index contributed by atoms with van der Waals surface area (Å²) in [7, 11) is 0. The van der Waals surface area contributed by atoms with Gasteiger partial charge in [0.15, 0.2) is 0 Å². The van der Waals surface area contributed by atoms with Crippen molar-refractivity contribution in [1.82, 2.24) is 0 Å². The van der Waals surface area contributed by atoms with Gasteiger partial charge in [-0.1, -0.05) is 56.2 Å². The van der Waals surface area contributed by atoms with Gasteiger partial charge < -0.3 is 0 Å². The highest BCUT2D eigenvalue weighted by Gasteiger charge is 2.12. The molecule has 0 radical (unpaired) electrons. The van der Waals surface area contributed by atoms with Crippen LogP contribution in [0.25, 0.3) is 0 Å². The number of allylic oxidation sites excluding steroid dienone is 4. The van der Waals surface area contributed by atoms with Gasteiger partial charge in [0.1, 0.15) is 0 Å². The Morgan fingerprint density at radius 3 is 2.50 bits per heavy atom. The molecule has 1 unspecified atom stereocenters. The molecular formula is C8H10Br2. The summed E-state index contributed by atoms with van der Waals surface area (Å²) in [6, 6.07) is 0. The minimum atomic E-state index is 0.542. The first kappa shape index (κ1) is 8.54. The van der Waals surface area contributed by atoms with Crippen molar-refractivity contribution in [1.29, 1.82) is 0 Å². The summed E-state index contributed by atoms with van der Waals surface area (Å²) in [5.74, 6) is 0.577. The van der Waals surface area contributed by atoms with Crippen LogP contribution in [0.3, 0.4) is 0 Å². The average Bonchev–Trinajstić information content (AvgIpc) is 2.05. The normalized spacial score (nSPS) is 21.4. The van der Waals surface area contributed by atoms with E-state index in [2.05, 4.69) is 56.2 Å². The lowest BCUT2D eigenvalue weighted by Crippen LogP contribution is -2.11. The third-order valence-corrected chi connectivity index (χ3v) is 4.05. The molecule has 1 aliphatic carbocycles. The van der Waals surface area contributed by atoms with E-state index in [1.165, 1.54) is 0 Å². The van der Waals surface area contributed by atoms with Gasteiger partial charge in [-0.3, -0.25) is 0 Å². The third-order valence-electron chi connectivity index (χ3n) is 1.55. The number of hydrogen-bond donors (Lipinski definition) is 0. The van der Waals surface area contributed by atoms with Crippen molar-refractivity contribution in [3.8, 4) is 0 Å². The molecule has 0 heterocycles. The van der Waals surface area contributed by atoms with Crippen LogP contribution in [0.2, 0.25) is 0 Å². The summed E-state index contributed by atoms with van der Waals surface area (Å²) < 4.78 is 0. The van der Waals surface area contributed by atoms with Crippen LogP contribution in [0.15, 0.2) is 24.3 Å². The minimum absolute atomic E-state index is 0.542. The standard InChI is InChI=1S/C8H10Br2/c9-6-8(10)7-4-2-1-3-5-7/h2-5,7-8H,1,6H2. The molecule has 0 fully saturated rings. The highest BCUT2D eigenvalue weighted by molar-refractivity contribution is 9.12. The fourth-order valence-corrected chi connectivity index (χ4v) is 1.74. The fourth-order valence-electron chi connectivity index (χ4n) is 0.958. The molecule has 10 heavy (non-hydrogen) atoms. The first-order valence-corrected chi connectivity index (χ1v) is 5.41. The fraction of sp³-hybridized carbons (Fsp3) is 0.500. The van der Waals surface area contributed by atoms with Crippen molar-refractivity contribution in [3.05, 3.63) is 24.3 Å². The van der Waals surface area contributed by atoms with Crippen molar-refractivity contribution in [3.63, 3.8) is 0 Å². The molecule has 1 rings (SSSR count). The van der Waals surface area contributed by atoms with Crippen molar-refractivity contribution in [2.45, 2.75) is 11.2 Å². The molecule has 0 nitrogen and oxygen atoms in total. The summed E-state index contributed by atoms with van der Waals surface area (Å²) in [4.78, 5) is 0.542. The molecule has 0 saturated heterocycles. The molecule has 0 saturated carbocycles. The Labute approximate surface area is 78.6 Å². The predicted molar refractivity (Wildman–Crippen MR) is 52.9 cm³/mol. The van der Waals surface area contributed by atoms with Crippen LogP contribution in [0.4, 0.5) is 0 Å². The van der Waals surface area contributed by atoms with Gasteiger partial charge in [0.2, 0.25) is 0 Å². The number of rotatable bonds is 2. The number of halogens is 2. The third kappa shape index (κ3) is 2.24. The molecule has 0 aromatic carbocycles. The van der Waals surface area contributed by atoms with E-state index < -0.39 is 0 Å². The van der Waals surface area contributed by atoms with Gasteiger partial charge in [0.05, 0.1) is 0 Å². The van der Waals surface area contributed by atoms with Crippen LogP contribution in [0.5, 0.6) is 0 Å². The maximum absolute atomic E-state index is 3.59. The monoisotopic (exact) mass is 264 g/mol. The van der Waals surface area contributed by atoms with Gasteiger partial charge in [-0.15, -0.1) is 0 Å². The summed E-state index contributed by atoms with van der Waals surface area (Å²) >= 11 is 7.02. The zero-order valence-electron chi connectivity index (χ0n) is 5.63. The van der Waals surface area contributed by atoms with Crippen LogP contribution >= 0.6 is 31.9 Å². The molecule has 0 spiro atoms. The molecule has 0 aromatic heterocycles. The number of alkyl halides is 2. The minimum Gasteiger partial charge on any atom is -0.0916 e. The van der Waals surface area contributed by atoms with Gasteiger partial charge in [0.25, 0.3) is 0 Å². The Morgan fingerprint density at radius 2 is 2.00 bits per heavy atom. The van der Waals surface area contributed by atoms with Crippen LogP contribution in [-0.2, 0) is 0 Å². The van der Waals surface area contributed by atoms with Crippen molar-refractivity contribution < 1.29 is 0 Å². The van der Waals surface area contributed by atoms with Crippen molar-refractivity contribution in [2.75, 3.05) is 5.33 Å². The molecule has 2 heteroatoms. The Kier molecular flexibility index (Phi) is 3.71. The Hall–Kier alpha value is 0.440. The van der Waals surface area contributed by atoms with E-state index in [4.69, 9.17) is 0 Å². The molecule has 56 valence electrons. The highest BCUT2D eigenvalue weighted by atomic mass is 79.9. The number of hydrogen-bond acceptors (Lipinski definition) is 0. The Balaban J connectivity index is 2.46. The molecule has 0 aromatic rings. The quantitative estimate of drug-likeness (QED) is 0.531. The molecular weight excluding hydrogens is 256 g/mol. The van der Waals surface area contributed by atoms with Gasteiger partial charge in [-0.2, -0.15) is 0 Å². The second kappa shape index (κ2) is 4.35. The van der Waals surface area contributed by atoms with Crippen molar-refractivity contribution in [2.24, 2.45) is 5.92 Å². The van der Waals surface area contributed by atoms with E-state index in [-0.39, 0.29) is 0 Å². The summed E-state index contributed by atoms with van der Waals surface area (Å²) in [5, 5.41) is 1.01. The molecule has 1 aliphatic rings. The Bertz CT molecular complexity index is 137. The molecule has 0 aliphatic heterocycles. The predicted octanol–water partition coefficient (Wildman–Crippen LogP) is 3.28. The first-order chi connectivity index (χ1) is 4.84. The lowest BCUT2D eigenvalue weighted by Gasteiger charge is -2.14. The maximum Gasteiger partial charge on any atom is 0.0340 e.